The zero-order valence-electron chi connectivity index (χ0n) is 13.7. The van der Waals surface area contributed by atoms with Gasteiger partial charge in [-0.1, -0.05) is 6.07 Å². The molecule has 2 aliphatic heterocycles. The van der Waals surface area contributed by atoms with Gasteiger partial charge in [-0.15, -0.1) is 0 Å². The number of amides is 1. The topological polar surface area (TPSA) is 23.6 Å². The molecular weight excluding hydrogens is 317 g/mol. The van der Waals surface area contributed by atoms with Crippen LogP contribution in [0.25, 0.3) is 0 Å². The molecule has 0 radical (unpaired) electrons. The quantitative estimate of drug-likeness (QED) is 0.814. The van der Waals surface area contributed by atoms with E-state index in [1.807, 2.05) is 9.80 Å². The first-order valence-corrected chi connectivity index (χ1v) is 8.66. The van der Waals surface area contributed by atoms with Crippen molar-refractivity contribution in [2.24, 2.45) is 5.92 Å². The molecule has 6 heteroatoms. The van der Waals surface area contributed by atoms with Gasteiger partial charge in [0.25, 0.3) is 0 Å². The number of likely N-dealkylation sites (tertiary alicyclic amines) is 1. The molecule has 1 aromatic rings. The molecule has 0 saturated carbocycles. The predicted molar refractivity (Wildman–Crippen MR) is 86.8 cm³/mol. The van der Waals surface area contributed by atoms with E-state index in [-0.39, 0.29) is 11.8 Å². The Bertz CT molecular complexity index is 574. The molecule has 2 heterocycles. The van der Waals surface area contributed by atoms with Crippen molar-refractivity contribution >= 4 is 11.6 Å². The summed E-state index contributed by atoms with van der Waals surface area (Å²) in [5.74, 6) is 0.253. The number of hydrogen-bond acceptors (Lipinski definition) is 2. The van der Waals surface area contributed by atoms with Crippen molar-refractivity contribution in [1.29, 1.82) is 0 Å². The fourth-order valence-corrected chi connectivity index (χ4v) is 3.64. The first kappa shape index (κ1) is 17.1. The van der Waals surface area contributed by atoms with Gasteiger partial charge in [-0.25, -0.2) is 0 Å². The Morgan fingerprint density at radius 2 is 1.67 bits per heavy atom. The van der Waals surface area contributed by atoms with Gasteiger partial charge >= 0.3 is 6.18 Å². The second-order valence-electron chi connectivity index (χ2n) is 6.70. The van der Waals surface area contributed by atoms with Gasteiger partial charge in [-0.2, -0.15) is 13.2 Å². The summed E-state index contributed by atoms with van der Waals surface area (Å²) in [4.78, 5) is 16.5. The Hall–Kier alpha value is -1.72. The number of piperidine rings is 2. The predicted octanol–water partition coefficient (Wildman–Crippen LogP) is 3.93. The summed E-state index contributed by atoms with van der Waals surface area (Å²) in [6, 6.07) is 5.45. The summed E-state index contributed by atoms with van der Waals surface area (Å²) >= 11 is 0. The zero-order chi connectivity index (χ0) is 17.2. The van der Waals surface area contributed by atoms with Gasteiger partial charge in [0.15, 0.2) is 0 Å². The second kappa shape index (κ2) is 7.03. The van der Waals surface area contributed by atoms with E-state index in [1.54, 1.807) is 6.07 Å². The summed E-state index contributed by atoms with van der Waals surface area (Å²) in [7, 11) is 0. The van der Waals surface area contributed by atoms with Gasteiger partial charge in [0.2, 0.25) is 5.91 Å². The average molecular weight is 340 g/mol. The minimum Gasteiger partial charge on any atom is -0.371 e. The van der Waals surface area contributed by atoms with Gasteiger partial charge in [-0.05, 0) is 50.3 Å². The summed E-state index contributed by atoms with van der Waals surface area (Å²) in [6.07, 6.45) is 0.455. The molecular formula is C18H23F3N2O. The van der Waals surface area contributed by atoms with Crippen molar-refractivity contribution < 1.29 is 18.0 Å². The smallest absolute Gasteiger partial charge is 0.371 e. The van der Waals surface area contributed by atoms with Crippen LogP contribution in [0.1, 0.15) is 37.7 Å². The molecule has 132 valence electrons. The molecule has 24 heavy (non-hydrogen) atoms. The molecule has 0 spiro atoms. The summed E-state index contributed by atoms with van der Waals surface area (Å²) in [6.45, 7) is 2.97. The van der Waals surface area contributed by atoms with Crippen molar-refractivity contribution in [2.75, 3.05) is 31.1 Å². The Balaban J connectivity index is 1.60. The van der Waals surface area contributed by atoms with Crippen molar-refractivity contribution in [3.05, 3.63) is 29.8 Å². The van der Waals surface area contributed by atoms with Gasteiger partial charge in [-0.3, -0.25) is 4.79 Å². The Morgan fingerprint density at radius 3 is 2.29 bits per heavy atom. The van der Waals surface area contributed by atoms with Gasteiger partial charge in [0.1, 0.15) is 0 Å². The highest BCUT2D eigenvalue weighted by Gasteiger charge is 2.32. The van der Waals surface area contributed by atoms with E-state index in [1.165, 1.54) is 18.6 Å². The van der Waals surface area contributed by atoms with Crippen molar-refractivity contribution in [1.82, 2.24) is 4.90 Å². The van der Waals surface area contributed by atoms with E-state index in [0.29, 0.717) is 31.6 Å². The van der Waals surface area contributed by atoms with E-state index < -0.39 is 11.7 Å². The van der Waals surface area contributed by atoms with E-state index in [2.05, 4.69) is 0 Å². The second-order valence-corrected chi connectivity index (χ2v) is 6.70. The Morgan fingerprint density at radius 1 is 1.00 bits per heavy atom. The lowest BCUT2D eigenvalue weighted by molar-refractivity contribution is -0.138. The fraction of sp³-hybridized carbons (Fsp3) is 0.611. The summed E-state index contributed by atoms with van der Waals surface area (Å²) in [5.41, 5.74) is -0.0276. The number of nitrogens with zero attached hydrogens (tertiary/aromatic N) is 2. The number of carbonyl (C=O) groups is 1. The van der Waals surface area contributed by atoms with E-state index in [9.17, 15) is 18.0 Å². The molecule has 1 amide bonds. The number of halogens is 3. The highest BCUT2D eigenvalue weighted by atomic mass is 19.4. The fourth-order valence-electron chi connectivity index (χ4n) is 3.64. The maximum absolute atomic E-state index is 12.8. The summed E-state index contributed by atoms with van der Waals surface area (Å²) in [5, 5.41) is 0. The first-order valence-electron chi connectivity index (χ1n) is 8.66. The lowest BCUT2D eigenvalue weighted by Gasteiger charge is -2.36. The van der Waals surface area contributed by atoms with Crippen LogP contribution >= 0.6 is 0 Å². The lowest BCUT2D eigenvalue weighted by atomic mass is 9.94. The third-order valence-corrected chi connectivity index (χ3v) is 5.05. The van der Waals surface area contributed by atoms with Crippen LogP contribution in [0.4, 0.5) is 18.9 Å². The summed E-state index contributed by atoms with van der Waals surface area (Å²) < 4.78 is 38.5. The highest BCUT2D eigenvalue weighted by Crippen LogP contribution is 2.33. The number of anilines is 1. The lowest BCUT2D eigenvalue weighted by Crippen LogP contribution is -2.44. The number of carbonyl (C=O) groups excluding carboxylic acids is 1. The number of hydrogen-bond donors (Lipinski definition) is 0. The van der Waals surface area contributed by atoms with Crippen LogP contribution in [0.3, 0.4) is 0 Å². The Kier molecular flexibility index (Phi) is 5.01. The molecule has 0 N–H and O–H groups in total. The largest absolute Gasteiger partial charge is 0.416 e. The molecule has 0 bridgehead atoms. The highest BCUT2D eigenvalue weighted by molar-refractivity contribution is 5.79. The number of rotatable bonds is 2. The molecule has 2 fully saturated rings. The van der Waals surface area contributed by atoms with Crippen LogP contribution in [-0.2, 0) is 11.0 Å². The van der Waals surface area contributed by atoms with Crippen LogP contribution in [-0.4, -0.2) is 37.0 Å². The van der Waals surface area contributed by atoms with Crippen LogP contribution in [0.2, 0.25) is 0 Å². The standard InChI is InChI=1S/C18H23F3N2O/c19-18(20,21)15-5-4-6-16(13-15)22-11-7-14(8-12-22)17(24)23-9-2-1-3-10-23/h4-6,13-14H,1-3,7-12H2. The monoisotopic (exact) mass is 340 g/mol. The maximum atomic E-state index is 12.8. The third-order valence-electron chi connectivity index (χ3n) is 5.05. The molecule has 0 aromatic heterocycles. The van der Waals surface area contributed by atoms with Gasteiger partial charge in [0, 0.05) is 37.8 Å². The normalized spacial score (nSPS) is 20.3. The molecule has 0 aliphatic carbocycles. The number of alkyl halides is 3. The molecule has 2 aliphatic rings. The van der Waals surface area contributed by atoms with E-state index in [4.69, 9.17) is 0 Å². The van der Waals surface area contributed by atoms with E-state index in [0.717, 1.165) is 32.0 Å². The SMILES string of the molecule is O=C(C1CCN(c2cccc(C(F)(F)F)c2)CC1)N1CCCCC1. The van der Waals surface area contributed by atoms with Crippen LogP contribution in [0.15, 0.2) is 24.3 Å². The molecule has 0 atom stereocenters. The van der Waals surface area contributed by atoms with Crippen molar-refractivity contribution in [3.8, 4) is 0 Å². The number of benzene rings is 1. The van der Waals surface area contributed by atoms with Crippen LogP contribution in [0, 0.1) is 5.92 Å². The van der Waals surface area contributed by atoms with Crippen LogP contribution in [0.5, 0.6) is 0 Å². The minimum atomic E-state index is -4.32. The van der Waals surface area contributed by atoms with Crippen molar-refractivity contribution in [2.45, 2.75) is 38.3 Å². The average Bonchev–Trinajstić information content (AvgIpc) is 2.61. The zero-order valence-corrected chi connectivity index (χ0v) is 13.7. The van der Waals surface area contributed by atoms with Gasteiger partial charge < -0.3 is 9.80 Å². The minimum absolute atomic E-state index is 0.0187. The first-order chi connectivity index (χ1) is 11.4. The molecule has 3 rings (SSSR count). The molecule has 2 saturated heterocycles. The van der Waals surface area contributed by atoms with Crippen LogP contribution < -0.4 is 4.90 Å². The van der Waals surface area contributed by atoms with E-state index >= 15 is 0 Å². The van der Waals surface area contributed by atoms with Crippen molar-refractivity contribution in [3.63, 3.8) is 0 Å². The molecule has 0 unspecified atom stereocenters. The third kappa shape index (κ3) is 3.84. The van der Waals surface area contributed by atoms with Gasteiger partial charge in [0.05, 0.1) is 5.56 Å². The maximum Gasteiger partial charge on any atom is 0.416 e. The molecule has 3 nitrogen and oxygen atoms in total. The Labute approximate surface area is 140 Å². The molecule has 1 aromatic carbocycles.